The average Bonchev–Trinajstić information content (AvgIpc) is 3.11. The number of hydrogen-bond acceptors (Lipinski definition) is 3. The Morgan fingerprint density at radius 2 is 2.04 bits per heavy atom. The van der Waals surface area contributed by atoms with Crippen LogP contribution in [-0.2, 0) is 0 Å². The molecule has 0 aliphatic heterocycles. The van der Waals surface area contributed by atoms with Crippen molar-refractivity contribution in [2.45, 2.75) is 38.1 Å². The molecular weight excluding hydrogens is 302 g/mol. The lowest BCUT2D eigenvalue weighted by Gasteiger charge is -2.23. The van der Waals surface area contributed by atoms with Crippen molar-refractivity contribution in [2.75, 3.05) is 7.11 Å². The third-order valence-corrected chi connectivity index (χ3v) is 4.46. The van der Waals surface area contributed by atoms with Crippen molar-refractivity contribution in [3.05, 3.63) is 53.9 Å². The zero-order valence-corrected chi connectivity index (χ0v) is 13.9. The third-order valence-electron chi connectivity index (χ3n) is 4.46. The largest absolute Gasteiger partial charge is 0.496 e. The lowest BCUT2D eigenvalue weighted by Crippen LogP contribution is -2.18. The Balaban J connectivity index is 1.60. The fourth-order valence-electron chi connectivity index (χ4n) is 3.17. The van der Waals surface area contributed by atoms with Crippen LogP contribution in [0.4, 0.5) is 0 Å². The molecule has 0 atom stereocenters. The number of benzene rings is 1. The number of ether oxygens (including phenoxy) is 1. The Morgan fingerprint density at radius 1 is 1.25 bits per heavy atom. The summed E-state index contributed by atoms with van der Waals surface area (Å²) in [4.78, 5) is 12.2. The van der Waals surface area contributed by atoms with Gasteiger partial charge in [0.2, 0.25) is 0 Å². The molecule has 2 aromatic rings. The molecule has 5 heteroatoms. The smallest absolute Gasteiger partial charge is 0.275 e. The minimum atomic E-state index is -0.282. The van der Waals surface area contributed by atoms with Crippen molar-refractivity contribution in [1.29, 1.82) is 0 Å². The van der Waals surface area contributed by atoms with E-state index in [1.165, 1.54) is 32.1 Å². The van der Waals surface area contributed by atoms with Gasteiger partial charge >= 0.3 is 0 Å². The molecule has 3 rings (SSSR count). The summed E-state index contributed by atoms with van der Waals surface area (Å²) in [6.45, 7) is 0. The number of nitrogens with zero attached hydrogens (tertiary/aromatic N) is 2. The molecule has 0 unspecified atom stereocenters. The lowest BCUT2D eigenvalue weighted by atomic mass is 9.95. The molecule has 0 bridgehead atoms. The van der Waals surface area contributed by atoms with Gasteiger partial charge in [0.1, 0.15) is 5.75 Å². The fraction of sp³-hybridized carbons (Fsp3) is 0.368. The number of para-hydroxylation sites is 1. The van der Waals surface area contributed by atoms with Crippen LogP contribution in [-0.4, -0.2) is 23.8 Å². The molecule has 0 spiro atoms. The highest BCUT2D eigenvalue weighted by Gasteiger charge is 2.14. The summed E-state index contributed by atoms with van der Waals surface area (Å²) >= 11 is 0. The minimum Gasteiger partial charge on any atom is -0.496 e. The molecule has 1 aliphatic rings. The molecule has 1 saturated carbocycles. The standard InChI is InChI=1S/C19H23N3O2/c1-24-18-10-6-5-9-17(18)19(23)21-20-13-15-11-12-22(14-15)16-7-3-2-4-8-16/h5-6,9-14,16H,2-4,7-8H2,1H3,(H,21,23)/b20-13-. The van der Waals surface area contributed by atoms with Gasteiger partial charge in [0.25, 0.3) is 5.91 Å². The van der Waals surface area contributed by atoms with Gasteiger partial charge in [-0.05, 0) is 31.0 Å². The molecule has 1 heterocycles. The van der Waals surface area contributed by atoms with Crippen LogP contribution in [0.15, 0.2) is 47.8 Å². The van der Waals surface area contributed by atoms with Crippen molar-refractivity contribution >= 4 is 12.1 Å². The van der Waals surface area contributed by atoms with Crippen molar-refractivity contribution in [3.63, 3.8) is 0 Å². The van der Waals surface area contributed by atoms with E-state index < -0.39 is 0 Å². The van der Waals surface area contributed by atoms with Crippen LogP contribution in [0.3, 0.4) is 0 Å². The molecule has 1 N–H and O–H groups in total. The van der Waals surface area contributed by atoms with Crippen LogP contribution in [0, 0.1) is 0 Å². The molecule has 1 fully saturated rings. The van der Waals surface area contributed by atoms with Gasteiger partial charge in [-0.15, -0.1) is 0 Å². The van der Waals surface area contributed by atoms with E-state index in [4.69, 9.17) is 4.74 Å². The molecular formula is C19H23N3O2. The van der Waals surface area contributed by atoms with Gasteiger partial charge in [-0.1, -0.05) is 31.4 Å². The summed E-state index contributed by atoms with van der Waals surface area (Å²) in [6.07, 6.45) is 12.3. The predicted octanol–water partition coefficient (Wildman–Crippen LogP) is 3.77. The summed E-state index contributed by atoms with van der Waals surface area (Å²) in [5.41, 5.74) is 4.01. The highest BCUT2D eigenvalue weighted by atomic mass is 16.5. The van der Waals surface area contributed by atoms with E-state index in [0.717, 1.165) is 5.56 Å². The van der Waals surface area contributed by atoms with Gasteiger partial charge in [-0.3, -0.25) is 4.79 Å². The molecule has 24 heavy (non-hydrogen) atoms. The molecule has 0 saturated heterocycles. The van der Waals surface area contributed by atoms with E-state index >= 15 is 0 Å². The second-order valence-corrected chi connectivity index (χ2v) is 6.08. The van der Waals surface area contributed by atoms with Crippen molar-refractivity contribution < 1.29 is 9.53 Å². The number of methoxy groups -OCH3 is 1. The first kappa shape index (κ1) is 16.3. The topological polar surface area (TPSA) is 55.6 Å². The molecule has 1 aromatic heterocycles. The van der Waals surface area contributed by atoms with Crippen molar-refractivity contribution in [3.8, 4) is 5.75 Å². The monoisotopic (exact) mass is 325 g/mol. The van der Waals surface area contributed by atoms with Crippen molar-refractivity contribution in [2.24, 2.45) is 5.10 Å². The average molecular weight is 325 g/mol. The predicted molar refractivity (Wildman–Crippen MR) is 94.6 cm³/mol. The molecule has 5 nitrogen and oxygen atoms in total. The van der Waals surface area contributed by atoms with Gasteiger partial charge in [0, 0.05) is 24.0 Å². The van der Waals surface area contributed by atoms with Crippen LogP contribution in [0.2, 0.25) is 0 Å². The van der Waals surface area contributed by atoms with Crippen LogP contribution >= 0.6 is 0 Å². The third kappa shape index (κ3) is 3.85. The Kier molecular flexibility index (Phi) is 5.31. The van der Waals surface area contributed by atoms with E-state index in [-0.39, 0.29) is 5.91 Å². The Labute approximate surface area is 142 Å². The molecule has 126 valence electrons. The second kappa shape index (κ2) is 7.81. The fourth-order valence-corrected chi connectivity index (χ4v) is 3.17. The van der Waals surface area contributed by atoms with Gasteiger partial charge in [0.05, 0.1) is 18.9 Å². The maximum Gasteiger partial charge on any atom is 0.275 e. The normalized spacial score (nSPS) is 15.5. The van der Waals surface area contributed by atoms with E-state index in [2.05, 4.69) is 27.5 Å². The van der Waals surface area contributed by atoms with Gasteiger partial charge in [-0.25, -0.2) is 5.43 Å². The van der Waals surface area contributed by atoms with E-state index in [1.54, 1.807) is 31.5 Å². The number of aromatic nitrogens is 1. The maximum absolute atomic E-state index is 12.2. The number of carbonyl (C=O) groups is 1. The Morgan fingerprint density at radius 3 is 2.83 bits per heavy atom. The van der Waals surface area contributed by atoms with Crippen LogP contribution in [0.5, 0.6) is 5.75 Å². The number of hydrogen-bond donors (Lipinski definition) is 1. The summed E-state index contributed by atoms with van der Waals surface area (Å²) in [5, 5.41) is 4.06. The summed E-state index contributed by atoms with van der Waals surface area (Å²) in [6, 6.07) is 9.71. The zero-order valence-electron chi connectivity index (χ0n) is 13.9. The number of carbonyl (C=O) groups excluding carboxylic acids is 1. The first-order valence-corrected chi connectivity index (χ1v) is 8.42. The number of rotatable bonds is 5. The van der Waals surface area contributed by atoms with Crippen LogP contribution in [0.25, 0.3) is 0 Å². The summed E-state index contributed by atoms with van der Waals surface area (Å²) < 4.78 is 7.45. The van der Waals surface area contributed by atoms with Gasteiger partial charge in [0.15, 0.2) is 0 Å². The van der Waals surface area contributed by atoms with Crippen LogP contribution in [0.1, 0.15) is 54.1 Å². The number of hydrazone groups is 1. The quantitative estimate of drug-likeness (QED) is 0.672. The molecule has 1 aliphatic carbocycles. The first-order chi connectivity index (χ1) is 11.8. The molecule has 0 radical (unpaired) electrons. The summed E-state index contributed by atoms with van der Waals surface area (Å²) in [7, 11) is 1.55. The number of amides is 1. The lowest BCUT2D eigenvalue weighted by molar-refractivity contribution is 0.0952. The minimum absolute atomic E-state index is 0.282. The highest BCUT2D eigenvalue weighted by Crippen LogP contribution is 2.28. The zero-order chi connectivity index (χ0) is 16.8. The highest BCUT2D eigenvalue weighted by molar-refractivity contribution is 5.97. The van der Waals surface area contributed by atoms with Gasteiger partial charge in [-0.2, -0.15) is 5.10 Å². The first-order valence-electron chi connectivity index (χ1n) is 8.42. The SMILES string of the molecule is COc1ccccc1C(=O)N/N=C\c1ccn(C2CCCCC2)c1. The molecule has 1 amide bonds. The Bertz CT molecular complexity index is 715. The van der Waals surface area contributed by atoms with E-state index in [9.17, 15) is 4.79 Å². The number of nitrogens with one attached hydrogen (secondary N) is 1. The van der Waals surface area contributed by atoms with Gasteiger partial charge < -0.3 is 9.30 Å². The Hall–Kier alpha value is -2.56. The molecule has 1 aromatic carbocycles. The second-order valence-electron chi connectivity index (χ2n) is 6.08. The van der Waals surface area contributed by atoms with Crippen molar-refractivity contribution in [1.82, 2.24) is 9.99 Å². The van der Waals surface area contributed by atoms with Crippen LogP contribution < -0.4 is 10.2 Å². The summed E-state index contributed by atoms with van der Waals surface area (Å²) in [5.74, 6) is 0.254. The van der Waals surface area contributed by atoms with E-state index in [1.807, 2.05) is 12.1 Å². The van der Waals surface area contributed by atoms with E-state index in [0.29, 0.717) is 17.4 Å². The maximum atomic E-state index is 12.2.